The lowest BCUT2D eigenvalue weighted by Gasteiger charge is -2.03. The fourth-order valence-corrected chi connectivity index (χ4v) is 2.75. The van der Waals surface area contributed by atoms with Crippen LogP contribution in [0.1, 0.15) is 0 Å². The summed E-state index contributed by atoms with van der Waals surface area (Å²) in [6.45, 7) is 0. The van der Waals surface area contributed by atoms with Gasteiger partial charge in [0.05, 0.1) is 17.3 Å². The minimum absolute atomic E-state index is 0.600. The largest absolute Gasteiger partial charge is 0.229 e. The first-order valence-electron chi connectivity index (χ1n) is 5.83. The van der Waals surface area contributed by atoms with Gasteiger partial charge in [-0.05, 0) is 12.1 Å². The predicted octanol–water partition coefficient (Wildman–Crippen LogP) is 3.15. The van der Waals surface area contributed by atoms with Crippen molar-refractivity contribution in [1.29, 1.82) is 0 Å². The van der Waals surface area contributed by atoms with E-state index in [0.29, 0.717) is 5.88 Å². The van der Waals surface area contributed by atoms with E-state index in [1.165, 1.54) is 0 Å². The first-order chi connectivity index (χ1) is 9.40. The number of aromatic nitrogens is 4. The predicted molar refractivity (Wildman–Crippen MR) is 78.1 cm³/mol. The molecule has 0 bridgehead atoms. The van der Waals surface area contributed by atoms with Crippen LogP contribution < -0.4 is 0 Å². The Kier molecular flexibility index (Phi) is 3.66. The van der Waals surface area contributed by atoms with Crippen molar-refractivity contribution in [2.24, 2.45) is 0 Å². The Morgan fingerprint density at radius 1 is 1.16 bits per heavy atom. The normalized spacial score (nSPS) is 11.0. The summed E-state index contributed by atoms with van der Waals surface area (Å²) in [6.07, 6.45) is 3.37. The Labute approximate surface area is 119 Å². The van der Waals surface area contributed by atoms with Gasteiger partial charge in [0.15, 0.2) is 5.65 Å². The lowest BCUT2D eigenvalue weighted by atomic mass is 10.3. The molecule has 0 saturated heterocycles. The third-order valence-corrected chi connectivity index (χ3v) is 4.07. The van der Waals surface area contributed by atoms with Gasteiger partial charge in [-0.3, -0.25) is 0 Å². The Morgan fingerprint density at radius 3 is 2.79 bits per heavy atom. The molecule has 0 radical (unpaired) electrons. The van der Waals surface area contributed by atoms with Crippen molar-refractivity contribution in [1.82, 2.24) is 19.7 Å². The van der Waals surface area contributed by atoms with Gasteiger partial charge in [-0.25, -0.2) is 14.6 Å². The summed E-state index contributed by atoms with van der Waals surface area (Å²) < 4.78 is 1.82. The van der Waals surface area contributed by atoms with Gasteiger partial charge in [0.2, 0.25) is 0 Å². The van der Waals surface area contributed by atoms with Crippen LogP contribution in [-0.2, 0) is 0 Å². The van der Waals surface area contributed by atoms with Gasteiger partial charge in [-0.1, -0.05) is 18.2 Å². The number of para-hydroxylation sites is 1. The summed E-state index contributed by atoms with van der Waals surface area (Å²) in [5, 5.41) is 6.29. The molecule has 4 nitrogen and oxygen atoms in total. The molecule has 1 aromatic carbocycles. The van der Waals surface area contributed by atoms with E-state index in [0.717, 1.165) is 27.5 Å². The molecular formula is C13H11ClN4S. The number of hydrogen-bond donors (Lipinski definition) is 0. The average Bonchev–Trinajstić information content (AvgIpc) is 2.90. The Bertz CT molecular complexity index is 683. The minimum Gasteiger partial charge on any atom is -0.229 e. The minimum atomic E-state index is 0.600. The molecule has 0 fully saturated rings. The van der Waals surface area contributed by atoms with Gasteiger partial charge >= 0.3 is 0 Å². The van der Waals surface area contributed by atoms with Crippen LogP contribution in [0, 0.1) is 0 Å². The van der Waals surface area contributed by atoms with Crippen molar-refractivity contribution in [2.75, 3.05) is 11.6 Å². The lowest BCUT2D eigenvalue weighted by Crippen LogP contribution is -1.97. The Hall–Kier alpha value is -1.59. The summed E-state index contributed by atoms with van der Waals surface area (Å²) >= 11 is 7.34. The first-order valence-corrected chi connectivity index (χ1v) is 7.35. The molecule has 96 valence electrons. The molecule has 0 spiro atoms. The zero-order valence-corrected chi connectivity index (χ0v) is 11.6. The van der Waals surface area contributed by atoms with Crippen molar-refractivity contribution in [2.45, 2.75) is 5.03 Å². The maximum absolute atomic E-state index is 5.72. The number of halogens is 1. The third-order valence-electron chi connectivity index (χ3n) is 2.65. The number of thioether (sulfide) groups is 1. The van der Waals surface area contributed by atoms with Gasteiger partial charge in [0, 0.05) is 11.6 Å². The molecule has 2 heterocycles. The number of nitrogens with zero attached hydrogens (tertiary/aromatic N) is 4. The number of benzene rings is 1. The first kappa shape index (κ1) is 12.4. The summed E-state index contributed by atoms with van der Waals surface area (Å²) in [7, 11) is 0. The Morgan fingerprint density at radius 2 is 2.00 bits per heavy atom. The van der Waals surface area contributed by atoms with Crippen molar-refractivity contribution in [3.63, 3.8) is 0 Å². The average molecular weight is 291 g/mol. The van der Waals surface area contributed by atoms with Crippen LogP contribution in [0.15, 0.2) is 47.9 Å². The van der Waals surface area contributed by atoms with E-state index >= 15 is 0 Å². The van der Waals surface area contributed by atoms with Gasteiger partial charge in [0.1, 0.15) is 11.4 Å². The quantitative estimate of drug-likeness (QED) is 0.421. The maximum Gasteiger partial charge on any atom is 0.167 e. The molecule has 6 heteroatoms. The fraction of sp³-hybridized carbons (Fsp3) is 0.154. The van der Waals surface area contributed by atoms with Gasteiger partial charge in [0.25, 0.3) is 0 Å². The smallest absolute Gasteiger partial charge is 0.167 e. The molecule has 0 atom stereocenters. The molecule has 3 aromatic rings. The van der Waals surface area contributed by atoms with E-state index in [1.807, 2.05) is 35.0 Å². The van der Waals surface area contributed by atoms with E-state index in [-0.39, 0.29) is 0 Å². The summed E-state index contributed by atoms with van der Waals surface area (Å²) in [5.41, 5.74) is 1.81. The van der Waals surface area contributed by atoms with E-state index in [4.69, 9.17) is 11.6 Å². The molecule has 0 unspecified atom stereocenters. The number of alkyl halides is 1. The number of rotatable bonds is 4. The highest BCUT2D eigenvalue weighted by Gasteiger charge is 2.10. The molecular weight excluding hydrogens is 280 g/mol. The summed E-state index contributed by atoms with van der Waals surface area (Å²) in [5.74, 6) is 1.42. The van der Waals surface area contributed by atoms with Crippen molar-refractivity contribution < 1.29 is 0 Å². The maximum atomic E-state index is 5.72. The summed E-state index contributed by atoms with van der Waals surface area (Å²) in [6, 6.07) is 9.94. The molecule has 0 aliphatic rings. The molecule has 2 aromatic heterocycles. The van der Waals surface area contributed by atoms with Gasteiger partial charge in [-0.15, -0.1) is 23.4 Å². The topological polar surface area (TPSA) is 43.6 Å². The second kappa shape index (κ2) is 5.59. The SMILES string of the molecule is ClCCSc1ncnc2c1cnn2-c1ccccc1. The zero-order valence-electron chi connectivity index (χ0n) is 10.0. The molecule has 19 heavy (non-hydrogen) atoms. The number of fused-ring (bicyclic) bond motifs is 1. The fourth-order valence-electron chi connectivity index (χ4n) is 1.83. The number of hydrogen-bond acceptors (Lipinski definition) is 4. The standard InChI is InChI=1S/C13H11ClN4S/c14-6-7-19-13-11-8-17-18(12(11)15-9-16-13)10-4-2-1-3-5-10/h1-5,8-9H,6-7H2. The van der Waals surface area contributed by atoms with Gasteiger partial charge < -0.3 is 0 Å². The molecule has 0 aliphatic carbocycles. The lowest BCUT2D eigenvalue weighted by molar-refractivity contribution is 0.893. The van der Waals surface area contributed by atoms with Crippen molar-refractivity contribution in [3.05, 3.63) is 42.9 Å². The van der Waals surface area contributed by atoms with Crippen molar-refractivity contribution >= 4 is 34.4 Å². The molecule has 0 amide bonds. The second-order valence-electron chi connectivity index (χ2n) is 3.85. The highest BCUT2D eigenvalue weighted by Crippen LogP contribution is 2.25. The van der Waals surface area contributed by atoms with Crippen LogP contribution in [-0.4, -0.2) is 31.4 Å². The monoisotopic (exact) mass is 290 g/mol. The van der Waals surface area contributed by atoms with Crippen LogP contribution in [0.5, 0.6) is 0 Å². The van der Waals surface area contributed by atoms with Gasteiger partial charge in [-0.2, -0.15) is 5.10 Å². The van der Waals surface area contributed by atoms with E-state index in [1.54, 1.807) is 24.3 Å². The third kappa shape index (κ3) is 2.43. The van der Waals surface area contributed by atoms with E-state index in [2.05, 4.69) is 15.1 Å². The van der Waals surface area contributed by atoms with Crippen LogP contribution in [0.2, 0.25) is 0 Å². The van der Waals surface area contributed by atoms with Crippen molar-refractivity contribution in [3.8, 4) is 5.69 Å². The van der Waals surface area contributed by atoms with Crippen LogP contribution in [0.3, 0.4) is 0 Å². The van der Waals surface area contributed by atoms with E-state index < -0.39 is 0 Å². The second-order valence-corrected chi connectivity index (χ2v) is 5.31. The molecule has 3 rings (SSSR count). The molecule has 0 saturated carbocycles. The van der Waals surface area contributed by atoms with Crippen LogP contribution in [0.4, 0.5) is 0 Å². The zero-order chi connectivity index (χ0) is 13.1. The highest BCUT2D eigenvalue weighted by atomic mass is 35.5. The molecule has 0 aliphatic heterocycles. The van der Waals surface area contributed by atoms with E-state index in [9.17, 15) is 0 Å². The molecule has 0 N–H and O–H groups in total. The Balaban J connectivity index is 2.09. The van der Waals surface area contributed by atoms with Crippen LogP contribution in [0.25, 0.3) is 16.7 Å². The summed E-state index contributed by atoms with van der Waals surface area (Å²) in [4.78, 5) is 8.62. The highest BCUT2D eigenvalue weighted by molar-refractivity contribution is 7.99. The van der Waals surface area contributed by atoms with Crippen LogP contribution >= 0.6 is 23.4 Å².